The number of benzene rings is 3. The van der Waals surface area contributed by atoms with Gasteiger partial charge in [0.2, 0.25) is 0 Å². The Morgan fingerprint density at radius 2 is 1.54 bits per heavy atom. The first-order chi connectivity index (χ1) is 18.1. The smallest absolute Gasteiger partial charge is 0.266 e. The van der Waals surface area contributed by atoms with Crippen LogP contribution in [0.1, 0.15) is 11.1 Å². The lowest BCUT2D eigenvalue weighted by molar-refractivity contribution is -0.122. The molecule has 0 spiro atoms. The number of rotatable bonds is 9. The van der Waals surface area contributed by atoms with Crippen molar-refractivity contribution in [1.29, 1.82) is 0 Å². The largest absolute Gasteiger partial charge is 0.497 e. The Morgan fingerprint density at radius 3 is 2.24 bits per heavy atom. The fourth-order valence-corrected chi connectivity index (χ4v) is 5.45. The summed E-state index contributed by atoms with van der Waals surface area (Å²) in [6.45, 7) is 1.60. The minimum atomic E-state index is -0.0783. The highest BCUT2D eigenvalue weighted by atomic mass is 32.2. The van der Waals surface area contributed by atoms with Crippen molar-refractivity contribution in [2.24, 2.45) is 0 Å². The molecule has 1 aliphatic heterocycles. The highest BCUT2D eigenvalue weighted by molar-refractivity contribution is 8.26. The van der Waals surface area contributed by atoms with Crippen molar-refractivity contribution < 1.29 is 19.0 Å². The van der Waals surface area contributed by atoms with E-state index in [1.165, 1.54) is 11.8 Å². The van der Waals surface area contributed by atoms with Crippen LogP contribution in [0.3, 0.4) is 0 Å². The number of amides is 1. The molecule has 8 heteroatoms. The number of thiocarbonyl (C=S) groups is 1. The lowest BCUT2D eigenvalue weighted by Crippen LogP contribution is -2.27. The minimum absolute atomic E-state index is 0.0783. The zero-order chi connectivity index (χ0) is 25.8. The van der Waals surface area contributed by atoms with Gasteiger partial charge in [-0.05, 0) is 54.1 Å². The third-order valence-electron chi connectivity index (χ3n) is 6.14. The van der Waals surface area contributed by atoms with E-state index in [2.05, 4.69) is 22.9 Å². The molecule has 1 amide bonds. The van der Waals surface area contributed by atoms with E-state index in [1.807, 2.05) is 66.7 Å². The van der Waals surface area contributed by atoms with Gasteiger partial charge in [0.25, 0.3) is 5.91 Å². The van der Waals surface area contributed by atoms with Crippen LogP contribution in [-0.4, -0.2) is 40.5 Å². The lowest BCUT2D eigenvalue weighted by atomic mass is 10.1. The van der Waals surface area contributed by atoms with Crippen LogP contribution in [0.15, 0.2) is 83.9 Å². The van der Waals surface area contributed by atoms with Gasteiger partial charge in [-0.15, -0.1) is 0 Å². The second-order valence-corrected chi connectivity index (χ2v) is 10.1. The zero-order valence-electron chi connectivity index (χ0n) is 20.5. The molecule has 1 aliphatic rings. The summed E-state index contributed by atoms with van der Waals surface area (Å²) in [6, 6.07) is 23.4. The topological polar surface area (TPSA) is 52.9 Å². The molecule has 6 nitrogen and oxygen atoms in total. The second kappa shape index (κ2) is 11.1. The molecule has 1 saturated heterocycles. The number of ether oxygens (including phenoxy) is 3. The van der Waals surface area contributed by atoms with E-state index in [-0.39, 0.29) is 5.91 Å². The van der Waals surface area contributed by atoms with Gasteiger partial charge in [-0.1, -0.05) is 54.3 Å². The summed E-state index contributed by atoms with van der Waals surface area (Å²) >= 11 is 6.89. The Kier molecular flexibility index (Phi) is 7.48. The molecule has 188 valence electrons. The number of para-hydroxylation sites is 1. The standard InChI is InChI=1S/C29H26N2O4S2/c1-33-22-9-7-20(8-10-22)18-31-28(32)27(37-29(31)36)17-21-19-30(26-6-4-3-5-25(21)26)15-16-35-24-13-11-23(34-2)12-14-24/h3-14,17,19H,15-16,18H2,1-2H3/b27-17-. The molecule has 5 rings (SSSR count). The first-order valence-corrected chi connectivity index (χ1v) is 13.0. The number of thioether (sulfide) groups is 1. The summed E-state index contributed by atoms with van der Waals surface area (Å²) in [5, 5.41) is 1.08. The molecule has 4 aromatic rings. The van der Waals surface area contributed by atoms with Crippen molar-refractivity contribution in [2.45, 2.75) is 13.1 Å². The van der Waals surface area contributed by atoms with Crippen LogP contribution >= 0.6 is 24.0 Å². The first kappa shape index (κ1) is 24.9. The third kappa shape index (κ3) is 5.50. The van der Waals surface area contributed by atoms with Crippen LogP contribution in [0, 0.1) is 0 Å². The Labute approximate surface area is 225 Å². The van der Waals surface area contributed by atoms with Gasteiger partial charge in [-0.3, -0.25) is 9.69 Å². The average Bonchev–Trinajstić information content (AvgIpc) is 3.41. The quantitative estimate of drug-likeness (QED) is 0.191. The van der Waals surface area contributed by atoms with Gasteiger partial charge < -0.3 is 18.8 Å². The highest BCUT2D eigenvalue weighted by Crippen LogP contribution is 2.35. The molecule has 37 heavy (non-hydrogen) atoms. The molecule has 2 heterocycles. The maximum absolute atomic E-state index is 13.3. The Hall–Kier alpha value is -3.75. The van der Waals surface area contributed by atoms with Crippen molar-refractivity contribution >= 4 is 51.2 Å². The third-order valence-corrected chi connectivity index (χ3v) is 7.52. The normalized spacial score (nSPS) is 14.5. The molecule has 0 unspecified atom stereocenters. The van der Waals surface area contributed by atoms with Crippen molar-refractivity contribution in [2.75, 3.05) is 20.8 Å². The predicted molar refractivity (Wildman–Crippen MR) is 152 cm³/mol. The maximum Gasteiger partial charge on any atom is 0.266 e. The van der Waals surface area contributed by atoms with Crippen LogP contribution in [-0.2, 0) is 17.9 Å². The Balaban J connectivity index is 1.32. The lowest BCUT2D eigenvalue weighted by Gasteiger charge is -2.14. The zero-order valence-corrected chi connectivity index (χ0v) is 22.2. The van der Waals surface area contributed by atoms with Crippen LogP contribution in [0.5, 0.6) is 17.2 Å². The number of carbonyl (C=O) groups is 1. The van der Waals surface area contributed by atoms with Gasteiger partial charge in [0.1, 0.15) is 28.2 Å². The van der Waals surface area contributed by atoms with Gasteiger partial charge in [0, 0.05) is 22.7 Å². The number of methoxy groups -OCH3 is 2. The summed E-state index contributed by atoms with van der Waals surface area (Å²) in [5.74, 6) is 2.28. The fraction of sp³-hybridized carbons (Fsp3) is 0.172. The van der Waals surface area contributed by atoms with Crippen molar-refractivity contribution in [1.82, 2.24) is 9.47 Å². The molecule has 0 atom stereocenters. The summed E-state index contributed by atoms with van der Waals surface area (Å²) in [6.07, 6.45) is 4.01. The van der Waals surface area contributed by atoms with Gasteiger partial charge in [-0.2, -0.15) is 0 Å². The number of carbonyl (C=O) groups excluding carboxylic acids is 1. The average molecular weight is 531 g/mol. The summed E-state index contributed by atoms with van der Waals surface area (Å²) < 4.78 is 19.1. The summed E-state index contributed by atoms with van der Waals surface area (Å²) in [4.78, 5) is 15.5. The van der Waals surface area contributed by atoms with E-state index >= 15 is 0 Å². The van der Waals surface area contributed by atoms with Crippen LogP contribution < -0.4 is 14.2 Å². The Morgan fingerprint density at radius 1 is 0.892 bits per heavy atom. The van der Waals surface area contributed by atoms with E-state index in [4.69, 9.17) is 26.4 Å². The highest BCUT2D eigenvalue weighted by Gasteiger charge is 2.32. The molecule has 0 radical (unpaired) electrons. The predicted octanol–water partition coefficient (Wildman–Crippen LogP) is 6.14. The number of aromatic nitrogens is 1. The molecule has 1 fully saturated rings. The van der Waals surface area contributed by atoms with E-state index < -0.39 is 0 Å². The van der Waals surface area contributed by atoms with Crippen molar-refractivity contribution in [3.05, 3.63) is 95.0 Å². The van der Waals surface area contributed by atoms with Crippen LogP contribution in [0.2, 0.25) is 0 Å². The monoisotopic (exact) mass is 530 g/mol. The molecule has 1 aromatic heterocycles. The molecule has 0 N–H and O–H groups in total. The van der Waals surface area contributed by atoms with E-state index in [0.717, 1.165) is 39.3 Å². The molecule has 0 saturated carbocycles. The van der Waals surface area contributed by atoms with Crippen LogP contribution in [0.4, 0.5) is 0 Å². The van der Waals surface area contributed by atoms with E-state index in [1.54, 1.807) is 19.1 Å². The summed E-state index contributed by atoms with van der Waals surface area (Å²) in [7, 11) is 3.27. The van der Waals surface area contributed by atoms with Crippen molar-refractivity contribution in [3.8, 4) is 17.2 Å². The van der Waals surface area contributed by atoms with E-state index in [0.29, 0.717) is 28.9 Å². The van der Waals surface area contributed by atoms with Crippen molar-refractivity contribution in [3.63, 3.8) is 0 Å². The maximum atomic E-state index is 13.3. The number of hydrogen-bond donors (Lipinski definition) is 0. The van der Waals surface area contributed by atoms with Crippen LogP contribution in [0.25, 0.3) is 17.0 Å². The molecular weight excluding hydrogens is 504 g/mol. The first-order valence-electron chi connectivity index (χ1n) is 11.8. The minimum Gasteiger partial charge on any atom is -0.497 e. The fourth-order valence-electron chi connectivity index (χ4n) is 4.20. The SMILES string of the molecule is COc1ccc(CN2C(=O)/C(=C/c3cn(CCOc4ccc(OC)cc4)c4ccccc34)SC2=S)cc1. The van der Waals surface area contributed by atoms with Gasteiger partial charge in [0.15, 0.2) is 0 Å². The molecular formula is C29H26N2O4S2. The number of nitrogens with zero attached hydrogens (tertiary/aromatic N) is 2. The molecule has 3 aromatic carbocycles. The molecule has 0 bridgehead atoms. The van der Waals surface area contributed by atoms with Gasteiger partial charge >= 0.3 is 0 Å². The molecule has 0 aliphatic carbocycles. The number of fused-ring (bicyclic) bond motifs is 1. The van der Waals surface area contributed by atoms with Gasteiger partial charge in [-0.25, -0.2) is 0 Å². The van der Waals surface area contributed by atoms with Gasteiger partial charge in [0.05, 0.1) is 32.2 Å². The summed E-state index contributed by atoms with van der Waals surface area (Å²) in [5.41, 5.74) is 3.05. The number of hydrogen-bond acceptors (Lipinski definition) is 6. The van der Waals surface area contributed by atoms with E-state index in [9.17, 15) is 4.79 Å². The Bertz CT molecular complexity index is 1460. The second-order valence-electron chi connectivity index (χ2n) is 8.43.